The van der Waals surface area contributed by atoms with Gasteiger partial charge in [0.15, 0.2) is 6.23 Å². The first-order valence-electron chi connectivity index (χ1n) is 7.06. The average Bonchev–Trinajstić information content (AvgIpc) is 2.54. The summed E-state index contributed by atoms with van der Waals surface area (Å²) >= 11 is 0. The highest BCUT2D eigenvalue weighted by Crippen LogP contribution is 2.21. The number of nitrogens with zero attached hydrogens (tertiary/aromatic N) is 1. The monoisotopic (exact) mass is 314 g/mol. The molecule has 6 nitrogen and oxygen atoms in total. The Morgan fingerprint density at radius 1 is 1.35 bits per heavy atom. The van der Waals surface area contributed by atoms with Crippen LogP contribution < -0.4 is 5.32 Å². The molecule has 1 unspecified atom stereocenters. The van der Waals surface area contributed by atoms with Gasteiger partial charge in [-0.25, -0.2) is 4.79 Å². The first kappa shape index (κ1) is 16.5. The van der Waals surface area contributed by atoms with Crippen LogP contribution in [0.3, 0.4) is 0 Å². The van der Waals surface area contributed by atoms with E-state index in [-0.39, 0.29) is 17.1 Å². The van der Waals surface area contributed by atoms with E-state index in [4.69, 9.17) is 4.74 Å². The number of aromatic nitrogens is 1. The van der Waals surface area contributed by atoms with Gasteiger partial charge in [-0.1, -0.05) is 18.2 Å². The zero-order valence-electron chi connectivity index (χ0n) is 12.6. The van der Waals surface area contributed by atoms with Crippen molar-refractivity contribution in [1.29, 1.82) is 0 Å². The van der Waals surface area contributed by atoms with Crippen molar-refractivity contribution in [3.8, 4) is 11.5 Å². The molecule has 0 saturated carbocycles. The second kappa shape index (κ2) is 7.95. The van der Waals surface area contributed by atoms with Gasteiger partial charge in [-0.2, -0.15) is 0 Å². The van der Waals surface area contributed by atoms with E-state index in [1.807, 2.05) is 24.3 Å². The number of ether oxygens (including phenoxy) is 1. The van der Waals surface area contributed by atoms with E-state index >= 15 is 0 Å². The molecule has 0 aliphatic heterocycles. The van der Waals surface area contributed by atoms with Gasteiger partial charge in [0.05, 0.1) is 5.56 Å². The first-order valence-corrected chi connectivity index (χ1v) is 7.06. The zero-order valence-corrected chi connectivity index (χ0v) is 12.6. The predicted octanol–water partition coefficient (Wildman–Crippen LogP) is 2.30. The van der Waals surface area contributed by atoms with Gasteiger partial charge >= 0.3 is 5.97 Å². The Morgan fingerprint density at radius 2 is 2.09 bits per heavy atom. The van der Waals surface area contributed by atoms with E-state index in [0.717, 1.165) is 11.6 Å². The second-order valence-corrected chi connectivity index (χ2v) is 4.85. The molecule has 0 amide bonds. The number of benzene rings is 1. The summed E-state index contributed by atoms with van der Waals surface area (Å²) in [5.41, 5.74) is 1.03. The number of carbonyl (C=O) groups is 1. The lowest BCUT2D eigenvalue weighted by molar-refractivity contribution is 0.0244. The number of phenols is 2. The summed E-state index contributed by atoms with van der Waals surface area (Å²) in [5, 5.41) is 21.7. The molecule has 3 N–H and O–H groups in total. The quantitative estimate of drug-likeness (QED) is 0.560. The minimum atomic E-state index is -0.634. The van der Waals surface area contributed by atoms with Crippen molar-refractivity contribution < 1.29 is 19.7 Å². The van der Waals surface area contributed by atoms with Crippen LogP contribution in [0.2, 0.25) is 0 Å². The van der Waals surface area contributed by atoms with E-state index in [1.54, 1.807) is 19.4 Å². The Bertz CT molecular complexity index is 666. The molecule has 0 fully saturated rings. The molecule has 0 spiro atoms. The third-order valence-electron chi connectivity index (χ3n) is 3.05. The van der Waals surface area contributed by atoms with Gasteiger partial charge in [-0.3, -0.25) is 10.3 Å². The lowest BCUT2D eigenvalue weighted by Crippen LogP contribution is -2.30. The van der Waals surface area contributed by atoms with Crippen LogP contribution in [-0.4, -0.2) is 34.4 Å². The van der Waals surface area contributed by atoms with E-state index in [2.05, 4.69) is 10.3 Å². The van der Waals surface area contributed by atoms with Crippen LogP contribution in [0.15, 0.2) is 48.8 Å². The molecule has 120 valence electrons. The maximum Gasteiger partial charge on any atom is 0.339 e. The van der Waals surface area contributed by atoms with Crippen molar-refractivity contribution in [2.45, 2.75) is 12.6 Å². The third-order valence-corrected chi connectivity index (χ3v) is 3.05. The normalized spacial score (nSPS) is 12.2. The molecule has 6 heteroatoms. The summed E-state index contributed by atoms with van der Waals surface area (Å²) in [6.07, 6.45) is 7.10. The molecular formula is C17H18N2O4. The Balaban J connectivity index is 1.96. The van der Waals surface area contributed by atoms with Crippen LogP contribution in [0.25, 0.3) is 6.08 Å². The van der Waals surface area contributed by atoms with E-state index in [0.29, 0.717) is 6.42 Å². The maximum absolute atomic E-state index is 12.0. The maximum atomic E-state index is 12.0. The van der Waals surface area contributed by atoms with Gasteiger partial charge in [-0.05, 0) is 30.8 Å². The van der Waals surface area contributed by atoms with Gasteiger partial charge in [0.25, 0.3) is 0 Å². The average molecular weight is 314 g/mol. The molecule has 1 heterocycles. The lowest BCUT2D eigenvalue weighted by atomic mass is 10.2. The second-order valence-electron chi connectivity index (χ2n) is 4.85. The highest BCUT2D eigenvalue weighted by Gasteiger charge is 2.14. The molecule has 2 rings (SSSR count). The molecule has 23 heavy (non-hydrogen) atoms. The Morgan fingerprint density at radius 3 is 2.70 bits per heavy atom. The number of aromatic hydroxyl groups is 2. The smallest absolute Gasteiger partial charge is 0.339 e. The van der Waals surface area contributed by atoms with Crippen molar-refractivity contribution in [1.82, 2.24) is 10.3 Å². The number of hydrogen-bond donors (Lipinski definition) is 3. The minimum Gasteiger partial charge on any atom is -0.508 e. The summed E-state index contributed by atoms with van der Waals surface area (Å²) in [4.78, 5) is 16.0. The number of rotatable bonds is 6. The van der Waals surface area contributed by atoms with Crippen molar-refractivity contribution in [2.75, 3.05) is 7.05 Å². The molecular weight excluding hydrogens is 296 g/mol. The predicted molar refractivity (Wildman–Crippen MR) is 85.9 cm³/mol. The summed E-state index contributed by atoms with van der Waals surface area (Å²) in [6, 6.07) is 7.37. The van der Waals surface area contributed by atoms with Gasteiger partial charge in [0, 0.05) is 24.9 Å². The van der Waals surface area contributed by atoms with E-state index in [1.165, 1.54) is 12.1 Å². The van der Waals surface area contributed by atoms with Gasteiger partial charge in [0.1, 0.15) is 11.5 Å². The third kappa shape index (κ3) is 5.12. The van der Waals surface area contributed by atoms with Gasteiger partial charge in [0.2, 0.25) is 0 Å². The lowest BCUT2D eigenvalue weighted by Gasteiger charge is -2.15. The molecule has 1 atom stereocenters. The number of pyridine rings is 1. The van der Waals surface area contributed by atoms with Crippen LogP contribution in [-0.2, 0) is 4.74 Å². The molecule has 1 aromatic carbocycles. The van der Waals surface area contributed by atoms with Crippen LogP contribution >= 0.6 is 0 Å². The zero-order chi connectivity index (χ0) is 16.7. The molecule has 0 bridgehead atoms. The Hall–Kier alpha value is -2.86. The number of hydrogen-bond acceptors (Lipinski definition) is 6. The van der Waals surface area contributed by atoms with Gasteiger partial charge in [-0.15, -0.1) is 0 Å². The first-order chi connectivity index (χ1) is 11.1. The number of nitrogens with one attached hydrogen (secondary N) is 1. The van der Waals surface area contributed by atoms with Crippen molar-refractivity contribution >= 4 is 12.0 Å². The minimum absolute atomic E-state index is 0.0824. The topological polar surface area (TPSA) is 91.7 Å². The fraction of sp³-hybridized carbons (Fsp3) is 0.176. The summed E-state index contributed by atoms with van der Waals surface area (Å²) in [7, 11) is 1.68. The van der Waals surface area contributed by atoms with Crippen molar-refractivity contribution in [3.05, 3.63) is 59.9 Å². The van der Waals surface area contributed by atoms with E-state index < -0.39 is 12.2 Å². The fourth-order valence-corrected chi connectivity index (χ4v) is 1.94. The standard InChI is InChI=1S/C17H18N2O4/c1-18-16(6-2-4-12-5-3-7-19-11-12)23-17(22)13-8-14(20)10-15(21)9-13/h2-5,7-11,16,18,20-21H,6H2,1H3/b4-2+. The summed E-state index contributed by atoms with van der Waals surface area (Å²) in [6.45, 7) is 0. The number of carbonyl (C=O) groups excluding carboxylic acids is 1. The highest BCUT2D eigenvalue weighted by molar-refractivity contribution is 5.90. The van der Waals surface area contributed by atoms with Crippen LogP contribution in [0.1, 0.15) is 22.3 Å². The van der Waals surface area contributed by atoms with Crippen LogP contribution in [0.4, 0.5) is 0 Å². The van der Waals surface area contributed by atoms with Crippen molar-refractivity contribution in [3.63, 3.8) is 0 Å². The largest absolute Gasteiger partial charge is 0.508 e. The highest BCUT2D eigenvalue weighted by atomic mass is 16.6. The number of phenolic OH excluding ortho intramolecular Hbond substituents is 2. The number of esters is 1. The van der Waals surface area contributed by atoms with Gasteiger partial charge < -0.3 is 14.9 Å². The summed E-state index contributed by atoms with van der Waals surface area (Å²) in [5.74, 6) is -1.03. The fourth-order valence-electron chi connectivity index (χ4n) is 1.94. The van der Waals surface area contributed by atoms with Crippen molar-refractivity contribution in [2.24, 2.45) is 0 Å². The van der Waals surface area contributed by atoms with Crippen LogP contribution in [0.5, 0.6) is 11.5 Å². The molecule has 0 aliphatic rings. The summed E-state index contributed by atoms with van der Waals surface area (Å²) < 4.78 is 5.29. The molecule has 1 aromatic heterocycles. The molecule has 0 radical (unpaired) electrons. The SMILES string of the molecule is CNC(C/C=C/c1cccnc1)OC(=O)c1cc(O)cc(O)c1. The molecule has 0 aliphatic carbocycles. The van der Waals surface area contributed by atoms with Crippen LogP contribution in [0, 0.1) is 0 Å². The Labute approximate surface area is 134 Å². The molecule has 0 saturated heterocycles. The Kier molecular flexibility index (Phi) is 5.71. The molecule has 2 aromatic rings. The van der Waals surface area contributed by atoms with E-state index in [9.17, 15) is 15.0 Å².